The Morgan fingerprint density at radius 3 is 2.58 bits per heavy atom. The monoisotopic (exact) mass is 260 g/mol. The number of carbonyl (C=O) groups is 1. The Morgan fingerprint density at radius 1 is 1.32 bits per heavy atom. The zero-order chi connectivity index (χ0) is 14.3. The lowest BCUT2D eigenvalue weighted by Gasteiger charge is -2.21. The molecule has 0 spiro atoms. The summed E-state index contributed by atoms with van der Waals surface area (Å²) in [6.45, 7) is 11.6. The highest BCUT2D eigenvalue weighted by molar-refractivity contribution is 5.81. The van der Waals surface area contributed by atoms with Crippen LogP contribution in [0.25, 0.3) is 0 Å². The number of anilines is 1. The predicted molar refractivity (Wildman–Crippen MR) is 81.4 cm³/mol. The summed E-state index contributed by atoms with van der Waals surface area (Å²) in [4.78, 5) is 13.9. The van der Waals surface area contributed by atoms with Gasteiger partial charge in [-0.3, -0.25) is 4.79 Å². The van der Waals surface area contributed by atoms with Gasteiger partial charge in [-0.2, -0.15) is 0 Å². The fraction of sp³-hybridized carbons (Fsp3) is 0.438. The molecule has 0 unspecified atom stereocenters. The molecule has 0 fully saturated rings. The maximum absolute atomic E-state index is 12.1. The molecule has 3 heteroatoms. The Balaban J connectivity index is 2.60. The van der Waals surface area contributed by atoms with Crippen molar-refractivity contribution in [3.05, 3.63) is 42.0 Å². The number of rotatable bonds is 7. The fourth-order valence-electron chi connectivity index (χ4n) is 1.99. The summed E-state index contributed by atoms with van der Waals surface area (Å²) in [7, 11) is 0. The number of likely N-dealkylation sites (N-methyl/N-ethyl adjacent to an activating group) is 1. The van der Waals surface area contributed by atoms with Crippen LogP contribution in [0.1, 0.15) is 26.3 Å². The van der Waals surface area contributed by atoms with E-state index in [-0.39, 0.29) is 5.91 Å². The van der Waals surface area contributed by atoms with Crippen LogP contribution in [0.3, 0.4) is 0 Å². The first kappa shape index (κ1) is 15.3. The van der Waals surface area contributed by atoms with Crippen molar-refractivity contribution in [3.8, 4) is 0 Å². The Kier molecular flexibility index (Phi) is 6.13. The molecule has 3 nitrogen and oxygen atoms in total. The summed E-state index contributed by atoms with van der Waals surface area (Å²) >= 11 is 0. The van der Waals surface area contributed by atoms with Crippen LogP contribution in [0.15, 0.2) is 36.4 Å². The topological polar surface area (TPSA) is 32.3 Å². The third kappa shape index (κ3) is 4.78. The number of nitrogens with zero attached hydrogens (tertiary/aromatic N) is 1. The van der Waals surface area contributed by atoms with E-state index in [1.54, 1.807) is 0 Å². The third-order valence-electron chi connectivity index (χ3n) is 3.02. The van der Waals surface area contributed by atoms with Gasteiger partial charge in [-0.05, 0) is 31.9 Å². The summed E-state index contributed by atoms with van der Waals surface area (Å²) in [5, 5.41) is 3.23. The standard InChI is InChI=1S/C16H24N2O/c1-5-14-9-7-8-10-15(14)17-11-16(19)18(6-2)12-13(3)4/h7-10,17H,3,5-6,11-12H2,1-2,4H3. The molecule has 0 aliphatic carbocycles. The minimum absolute atomic E-state index is 0.108. The number of carbonyl (C=O) groups excluding carboxylic acids is 1. The van der Waals surface area contributed by atoms with Gasteiger partial charge in [0.15, 0.2) is 0 Å². The molecule has 1 rings (SSSR count). The van der Waals surface area contributed by atoms with Gasteiger partial charge in [-0.1, -0.05) is 37.3 Å². The number of nitrogens with one attached hydrogen (secondary N) is 1. The minimum Gasteiger partial charge on any atom is -0.376 e. The van der Waals surface area contributed by atoms with Crippen LogP contribution in [0, 0.1) is 0 Å². The first-order valence-corrected chi connectivity index (χ1v) is 6.82. The molecule has 0 aliphatic heterocycles. The van der Waals surface area contributed by atoms with E-state index >= 15 is 0 Å². The third-order valence-corrected chi connectivity index (χ3v) is 3.02. The summed E-state index contributed by atoms with van der Waals surface area (Å²) in [6.07, 6.45) is 0.959. The summed E-state index contributed by atoms with van der Waals surface area (Å²) in [6, 6.07) is 8.10. The van der Waals surface area contributed by atoms with Gasteiger partial charge in [0, 0.05) is 18.8 Å². The molecule has 0 saturated carbocycles. The molecule has 0 aliphatic rings. The average Bonchev–Trinajstić information content (AvgIpc) is 2.42. The van der Waals surface area contributed by atoms with Crippen molar-refractivity contribution in [2.75, 3.05) is 25.0 Å². The lowest BCUT2D eigenvalue weighted by atomic mass is 10.1. The van der Waals surface area contributed by atoms with Gasteiger partial charge >= 0.3 is 0 Å². The van der Waals surface area contributed by atoms with E-state index in [0.29, 0.717) is 19.6 Å². The van der Waals surface area contributed by atoms with Crippen molar-refractivity contribution in [3.63, 3.8) is 0 Å². The van der Waals surface area contributed by atoms with E-state index in [0.717, 1.165) is 17.7 Å². The Morgan fingerprint density at radius 2 is 2.00 bits per heavy atom. The van der Waals surface area contributed by atoms with E-state index in [9.17, 15) is 4.79 Å². The normalized spacial score (nSPS) is 10.1. The number of benzene rings is 1. The molecule has 0 radical (unpaired) electrons. The number of aryl methyl sites for hydroxylation is 1. The highest BCUT2D eigenvalue weighted by atomic mass is 16.2. The van der Waals surface area contributed by atoms with Gasteiger partial charge < -0.3 is 10.2 Å². The maximum atomic E-state index is 12.1. The largest absolute Gasteiger partial charge is 0.376 e. The summed E-state index contributed by atoms with van der Waals surface area (Å²) in [5.74, 6) is 0.108. The van der Waals surface area contributed by atoms with Crippen LogP contribution in [0.5, 0.6) is 0 Å². The van der Waals surface area contributed by atoms with Crippen LogP contribution < -0.4 is 5.32 Å². The molecule has 0 saturated heterocycles. The van der Waals surface area contributed by atoms with Gasteiger partial charge in [-0.15, -0.1) is 0 Å². The van der Waals surface area contributed by atoms with Crippen LogP contribution in [-0.2, 0) is 11.2 Å². The minimum atomic E-state index is 0.108. The Labute approximate surface area is 116 Å². The SMILES string of the molecule is C=C(C)CN(CC)C(=O)CNc1ccccc1CC. The van der Waals surface area contributed by atoms with E-state index in [1.807, 2.05) is 36.9 Å². The van der Waals surface area contributed by atoms with E-state index in [1.165, 1.54) is 5.56 Å². The number of hydrogen-bond donors (Lipinski definition) is 1. The molecular weight excluding hydrogens is 236 g/mol. The molecule has 104 valence electrons. The lowest BCUT2D eigenvalue weighted by Crippen LogP contribution is -2.36. The van der Waals surface area contributed by atoms with Crippen molar-refractivity contribution in [2.24, 2.45) is 0 Å². The van der Waals surface area contributed by atoms with Crippen molar-refractivity contribution >= 4 is 11.6 Å². The van der Waals surface area contributed by atoms with Crippen LogP contribution >= 0.6 is 0 Å². The molecule has 1 aromatic rings. The molecule has 0 aromatic heterocycles. The lowest BCUT2D eigenvalue weighted by molar-refractivity contribution is -0.128. The molecule has 1 aromatic carbocycles. The first-order valence-electron chi connectivity index (χ1n) is 6.82. The average molecular weight is 260 g/mol. The van der Waals surface area contributed by atoms with Crippen molar-refractivity contribution < 1.29 is 4.79 Å². The number of hydrogen-bond acceptors (Lipinski definition) is 2. The summed E-state index contributed by atoms with van der Waals surface area (Å²) < 4.78 is 0. The summed E-state index contributed by atoms with van der Waals surface area (Å²) in [5.41, 5.74) is 3.28. The fourth-order valence-corrected chi connectivity index (χ4v) is 1.99. The van der Waals surface area contributed by atoms with E-state index in [2.05, 4.69) is 24.9 Å². The molecule has 19 heavy (non-hydrogen) atoms. The Hall–Kier alpha value is -1.77. The highest BCUT2D eigenvalue weighted by Gasteiger charge is 2.11. The van der Waals surface area contributed by atoms with Gasteiger partial charge in [0.25, 0.3) is 0 Å². The maximum Gasteiger partial charge on any atom is 0.242 e. The van der Waals surface area contributed by atoms with E-state index < -0.39 is 0 Å². The van der Waals surface area contributed by atoms with Gasteiger partial charge in [-0.25, -0.2) is 0 Å². The van der Waals surface area contributed by atoms with Crippen LogP contribution in [-0.4, -0.2) is 30.4 Å². The second-order valence-corrected chi connectivity index (χ2v) is 4.73. The van der Waals surface area contributed by atoms with Crippen LogP contribution in [0.4, 0.5) is 5.69 Å². The number of amides is 1. The number of para-hydroxylation sites is 1. The molecule has 1 amide bonds. The zero-order valence-corrected chi connectivity index (χ0v) is 12.2. The molecule has 0 bridgehead atoms. The second-order valence-electron chi connectivity index (χ2n) is 4.73. The Bertz CT molecular complexity index is 440. The highest BCUT2D eigenvalue weighted by Crippen LogP contribution is 2.15. The first-order chi connectivity index (χ1) is 9.08. The van der Waals surface area contributed by atoms with Crippen molar-refractivity contribution in [2.45, 2.75) is 27.2 Å². The quantitative estimate of drug-likeness (QED) is 0.764. The van der Waals surface area contributed by atoms with Gasteiger partial charge in [0.05, 0.1) is 6.54 Å². The predicted octanol–water partition coefficient (Wildman–Crippen LogP) is 3.09. The van der Waals surface area contributed by atoms with Crippen LogP contribution in [0.2, 0.25) is 0 Å². The van der Waals surface area contributed by atoms with E-state index in [4.69, 9.17) is 0 Å². The zero-order valence-electron chi connectivity index (χ0n) is 12.2. The molecule has 0 heterocycles. The molecular formula is C16H24N2O. The second kappa shape index (κ2) is 7.62. The smallest absolute Gasteiger partial charge is 0.242 e. The van der Waals surface area contributed by atoms with Gasteiger partial charge in [0.1, 0.15) is 0 Å². The molecule has 1 N–H and O–H groups in total. The molecule has 0 atom stereocenters. The van der Waals surface area contributed by atoms with Crippen molar-refractivity contribution in [1.29, 1.82) is 0 Å². The van der Waals surface area contributed by atoms with Crippen molar-refractivity contribution in [1.82, 2.24) is 4.90 Å². The van der Waals surface area contributed by atoms with Gasteiger partial charge in [0.2, 0.25) is 5.91 Å².